The molecular formula is C12H12BrF4N3O. The van der Waals surface area contributed by atoms with Crippen molar-refractivity contribution in [3.05, 3.63) is 28.2 Å². The van der Waals surface area contributed by atoms with Crippen LogP contribution in [0.1, 0.15) is 19.5 Å². The van der Waals surface area contributed by atoms with E-state index in [1.165, 1.54) is 13.0 Å². The molecule has 2 atom stereocenters. The van der Waals surface area contributed by atoms with Crippen molar-refractivity contribution >= 4 is 21.8 Å². The summed E-state index contributed by atoms with van der Waals surface area (Å²) in [6.07, 6.45) is -4.72. The van der Waals surface area contributed by atoms with Gasteiger partial charge in [-0.25, -0.2) is 9.37 Å². The first-order valence-electron chi connectivity index (χ1n) is 5.89. The van der Waals surface area contributed by atoms with E-state index in [9.17, 15) is 17.6 Å². The smallest absolute Gasteiger partial charge is 0.385 e. The van der Waals surface area contributed by atoms with Crippen LogP contribution in [-0.4, -0.2) is 29.2 Å². The van der Waals surface area contributed by atoms with Crippen LogP contribution in [0.25, 0.3) is 0 Å². The van der Waals surface area contributed by atoms with Gasteiger partial charge in [0.15, 0.2) is 0 Å². The van der Waals surface area contributed by atoms with Crippen LogP contribution in [0.3, 0.4) is 0 Å². The van der Waals surface area contributed by atoms with E-state index in [0.717, 1.165) is 13.0 Å². The molecular weight excluding hydrogens is 358 g/mol. The number of hydrogen-bond acceptors (Lipinski definition) is 4. The molecule has 4 nitrogen and oxygen atoms in total. The van der Waals surface area contributed by atoms with Crippen LogP contribution < -0.4 is 5.73 Å². The Kier molecular flexibility index (Phi) is 3.78. The monoisotopic (exact) mass is 369 g/mol. The minimum absolute atomic E-state index is 0.135. The molecule has 1 aromatic rings. The predicted molar refractivity (Wildman–Crippen MR) is 71.3 cm³/mol. The highest BCUT2D eigenvalue weighted by Crippen LogP contribution is 2.40. The third-order valence-corrected chi connectivity index (χ3v) is 3.80. The molecule has 0 fully saturated rings. The minimum atomic E-state index is -4.72. The Morgan fingerprint density at radius 2 is 1.95 bits per heavy atom. The first kappa shape index (κ1) is 16.2. The summed E-state index contributed by atoms with van der Waals surface area (Å²) in [6, 6.07) is 2.51. The SMILES string of the molecule is C[C@]1(c2nc(Br)ccc2F)CO[C@@](C)(C(F)(F)F)C(N)=N1. The molecule has 0 bridgehead atoms. The Hall–Kier alpha value is -1.22. The van der Waals surface area contributed by atoms with E-state index >= 15 is 0 Å². The maximum atomic E-state index is 13.9. The van der Waals surface area contributed by atoms with E-state index in [1.54, 1.807) is 0 Å². The van der Waals surface area contributed by atoms with Crippen molar-refractivity contribution in [3.63, 3.8) is 0 Å². The highest BCUT2D eigenvalue weighted by atomic mass is 79.9. The number of nitrogens with zero attached hydrogens (tertiary/aromatic N) is 2. The van der Waals surface area contributed by atoms with Crippen molar-refractivity contribution in [2.24, 2.45) is 10.7 Å². The molecule has 0 saturated carbocycles. The third kappa shape index (κ3) is 2.64. The Morgan fingerprint density at radius 1 is 1.33 bits per heavy atom. The minimum Gasteiger partial charge on any atom is -0.385 e. The lowest BCUT2D eigenvalue weighted by Gasteiger charge is -2.40. The van der Waals surface area contributed by atoms with Gasteiger partial charge in [-0.2, -0.15) is 13.2 Å². The number of halogens is 5. The lowest BCUT2D eigenvalue weighted by Crippen LogP contribution is -2.60. The predicted octanol–water partition coefficient (Wildman–Crippen LogP) is 2.91. The second-order valence-corrected chi connectivity index (χ2v) is 5.87. The van der Waals surface area contributed by atoms with Gasteiger partial charge in [0, 0.05) is 0 Å². The van der Waals surface area contributed by atoms with E-state index < -0.39 is 35.6 Å². The summed E-state index contributed by atoms with van der Waals surface area (Å²) in [5.74, 6) is -1.46. The summed E-state index contributed by atoms with van der Waals surface area (Å²) < 4.78 is 58.1. The molecule has 2 heterocycles. The van der Waals surface area contributed by atoms with Crippen molar-refractivity contribution in [2.45, 2.75) is 31.2 Å². The number of rotatable bonds is 1. The molecule has 116 valence electrons. The number of ether oxygens (including phenoxy) is 1. The molecule has 0 amide bonds. The van der Waals surface area contributed by atoms with E-state index in [0.29, 0.717) is 4.60 Å². The molecule has 0 spiro atoms. The second-order valence-electron chi connectivity index (χ2n) is 5.05. The van der Waals surface area contributed by atoms with Gasteiger partial charge in [0.2, 0.25) is 5.60 Å². The zero-order valence-corrected chi connectivity index (χ0v) is 12.7. The highest BCUT2D eigenvalue weighted by molar-refractivity contribution is 9.10. The maximum absolute atomic E-state index is 13.9. The zero-order chi connectivity index (χ0) is 16.1. The van der Waals surface area contributed by atoms with E-state index in [1.807, 2.05) is 0 Å². The Labute approximate surface area is 126 Å². The van der Waals surface area contributed by atoms with E-state index in [4.69, 9.17) is 10.5 Å². The van der Waals surface area contributed by atoms with Gasteiger partial charge in [0.1, 0.15) is 27.5 Å². The Bertz CT molecular complexity index is 607. The molecule has 2 N–H and O–H groups in total. The van der Waals surface area contributed by atoms with Crippen LogP contribution in [0.2, 0.25) is 0 Å². The summed E-state index contributed by atoms with van der Waals surface area (Å²) in [5.41, 5.74) is 1.19. The van der Waals surface area contributed by atoms with Crippen molar-refractivity contribution in [2.75, 3.05) is 6.61 Å². The molecule has 1 aromatic heterocycles. The molecule has 1 aliphatic heterocycles. The summed E-state index contributed by atoms with van der Waals surface area (Å²) >= 11 is 3.08. The van der Waals surface area contributed by atoms with Crippen LogP contribution in [0.4, 0.5) is 17.6 Å². The Morgan fingerprint density at radius 3 is 2.48 bits per heavy atom. The van der Waals surface area contributed by atoms with E-state index in [2.05, 4.69) is 25.9 Å². The Balaban J connectivity index is 2.51. The topological polar surface area (TPSA) is 60.5 Å². The average molecular weight is 370 g/mol. The molecule has 9 heteroatoms. The van der Waals surface area contributed by atoms with Crippen molar-refractivity contribution in [3.8, 4) is 0 Å². The van der Waals surface area contributed by atoms with Crippen LogP contribution in [-0.2, 0) is 10.3 Å². The van der Waals surface area contributed by atoms with Crippen molar-refractivity contribution in [1.82, 2.24) is 4.98 Å². The third-order valence-electron chi connectivity index (χ3n) is 3.36. The van der Waals surface area contributed by atoms with Crippen LogP contribution >= 0.6 is 15.9 Å². The highest BCUT2D eigenvalue weighted by Gasteiger charge is 2.59. The quantitative estimate of drug-likeness (QED) is 0.611. The number of alkyl halides is 3. The zero-order valence-electron chi connectivity index (χ0n) is 11.1. The van der Waals surface area contributed by atoms with Crippen molar-refractivity contribution < 1.29 is 22.3 Å². The molecule has 0 aliphatic carbocycles. The van der Waals surface area contributed by atoms with Gasteiger partial charge in [-0.3, -0.25) is 4.99 Å². The van der Waals surface area contributed by atoms with Gasteiger partial charge in [0.25, 0.3) is 0 Å². The number of nitrogens with two attached hydrogens (primary N) is 1. The van der Waals surface area contributed by atoms with Gasteiger partial charge in [-0.1, -0.05) is 0 Å². The fourth-order valence-electron chi connectivity index (χ4n) is 1.91. The van der Waals surface area contributed by atoms with Gasteiger partial charge in [0.05, 0.1) is 6.61 Å². The summed E-state index contributed by atoms with van der Waals surface area (Å²) in [4.78, 5) is 7.76. The molecule has 0 unspecified atom stereocenters. The van der Waals surface area contributed by atoms with Crippen molar-refractivity contribution in [1.29, 1.82) is 0 Å². The summed E-state index contributed by atoms with van der Waals surface area (Å²) in [7, 11) is 0. The average Bonchev–Trinajstić information content (AvgIpc) is 2.36. The first-order chi connectivity index (χ1) is 9.49. The fraction of sp³-hybridized carbons (Fsp3) is 0.500. The van der Waals surface area contributed by atoms with Gasteiger partial charge >= 0.3 is 6.18 Å². The number of hydrogen-bond donors (Lipinski definition) is 1. The number of aliphatic imine (C=N–C) groups is 1. The van der Waals surface area contributed by atoms with Crippen LogP contribution in [0.15, 0.2) is 21.7 Å². The normalized spacial score (nSPS) is 30.1. The fourth-order valence-corrected chi connectivity index (χ4v) is 2.22. The standard InChI is InChI=1S/C12H12BrF4N3O/c1-10(8-6(14)3-4-7(13)19-8)5-21-11(2,9(18)20-10)12(15,16)17/h3-4H,5H2,1-2H3,(H2,18,20)/t10-,11-/m1/s1. The van der Waals surface area contributed by atoms with Crippen LogP contribution in [0.5, 0.6) is 0 Å². The maximum Gasteiger partial charge on any atom is 0.424 e. The lowest BCUT2D eigenvalue weighted by molar-refractivity contribution is -0.249. The molecule has 0 saturated heterocycles. The molecule has 0 radical (unpaired) electrons. The van der Waals surface area contributed by atoms with E-state index in [-0.39, 0.29) is 5.69 Å². The second kappa shape index (κ2) is 4.91. The van der Waals surface area contributed by atoms with Crippen LogP contribution in [0, 0.1) is 5.82 Å². The number of pyridine rings is 1. The molecule has 21 heavy (non-hydrogen) atoms. The van der Waals surface area contributed by atoms with Gasteiger partial charge < -0.3 is 10.5 Å². The summed E-state index contributed by atoms with van der Waals surface area (Å²) in [6.45, 7) is 1.70. The summed E-state index contributed by atoms with van der Waals surface area (Å²) in [5, 5.41) is 0. The molecule has 0 aromatic carbocycles. The largest absolute Gasteiger partial charge is 0.424 e. The number of aromatic nitrogens is 1. The van der Waals surface area contributed by atoms with Gasteiger partial charge in [-0.05, 0) is 41.9 Å². The molecule has 1 aliphatic rings. The lowest BCUT2D eigenvalue weighted by atomic mass is 9.93. The van der Waals surface area contributed by atoms with Gasteiger partial charge in [-0.15, -0.1) is 0 Å². The molecule has 2 rings (SSSR count). The first-order valence-corrected chi connectivity index (χ1v) is 6.68. The number of amidine groups is 1.